The van der Waals surface area contributed by atoms with Crippen LogP contribution in [0.3, 0.4) is 0 Å². The van der Waals surface area contributed by atoms with Crippen LogP contribution in [0.2, 0.25) is 10.0 Å². The van der Waals surface area contributed by atoms with Crippen LogP contribution < -0.4 is 0 Å². The van der Waals surface area contributed by atoms with Crippen LogP contribution in [0.5, 0.6) is 0 Å². The van der Waals surface area contributed by atoms with E-state index in [2.05, 4.69) is 18.7 Å². The van der Waals surface area contributed by atoms with Crippen molar-refractivity contribution in [1.29, 1.82) is 0 Å². The zero-order valence-electron chi connectivity index (χ0n) is 11.9. The third kappa shape index (κ3) is 4.28. The van der Waals surface area contributed by atoms with Gasteiger partial charge in [0.1, 0.15) is 0 Å². The molecule has 1 fully saturated rings. The second kappa shape index (κ2) is 7.37. The maximum Gasteiger partial charge on any atom is 0.0817 e. The lowest BCUT2D eigenvalue weighted by Gasteiger charge is -2.35. The average molecular weight is 334 g/mol. The van der Waals surface area contributed by atoms with Crippen LogP contribution in [0.15, 0.2) is 18.2 Å². The van der Waals surface area contributed by atoms with E-state index in [1.165, 1.54) is 0 Å². The van der Waals surface area contributed by atoms with Gasteiger partial charge in [0.2, 0.25) is 0 Å². The molecule has 0 saturated carbocycles. The van der Waals surface area contributed by atoms with Gasteiger partial charge in [0, 0.05) is 35.7 Å². The number of hydrogen-bond acceptors (Lipinski definition) is 3. The molecule has 1 heterocycles. The summed E-state index contributed by atoms with van der Waals surface area (Å²) in [5.41, 5.74) is 0.728. The first kappa shape index (κ1) is 16.4. The molecule has 0 aromatic heterocycles. The number of rotatable bonds is 4. The van der Waals surface area contributed by atoms with Crippen molar-refractivity contribution in [2.24, 2.45) is 0 Å². The van der Waals surface area contributed by atoms with Crippen LogP contribution in [0.4, 0.5) is 0 Å². The molecule has 5 heteroatoms. The molecule has 0 radical (unpaired) electrons. The van der Waals surface area contributed by atoms with Gasteiger partial charge in [-0.05, 0) is 12.5 Å². The van der Waals surface area contributed by atoms with Gasteiger partial charge >= 0.3 is 0 Å². The largest absolute Gasteiger partial charge is 0.388 e. The van der Waals surface area contributed by atoms with Crippen molar-refractivity contribution in [3.8, 4) is 0 Å². The summed E-state index contributed by atoms with van der Waals surface area (Å²) < 4.78 is 0. The third-order valence-electron chi connectivity index (χ3n) is 3.55. The summed E-state index contributed by atoms with van der Waals surface area (Å²) in [6, 6.07) is 5.41. The molecule has 112 valence electrons. The summed E-state index contributed by atoms with van der Waals surface area (Å²) >= 11 is 14.2. The normalized spacial score (nSPS) is 25.6. The number of benzene rings is 1. The fourth-order valence-electron chi connectivity index (χ4n) is 2.71. The Morgan fingerprint density at radius 3 is 2.60 bits per heavy atom. The van der Waals surface area contributed by atoms with E-state index >= 15 is 0 Å². The van der Waals surface area contributed by atoms with Gasteiger partial charge in [0.05, 0.1) is 16.1 Å². The van der Waals surface area contributed by atoms with Crippen LogP contribution in [-0.2, 0) is 0 Å². The van der Waals surface area contributed by atoms with E-state index in [0.29, 0.717) is 27.0 Å². The van der Waals surface area contributed by atoms with Gasteiger partial charge in [-0.1, -0.05) is 49.2 Å². The van der Waals surface area contributed by atoms with Crippen LogP contribution in [0.1, 0.15) is 31.9 Å². The van der Waals surface area contributed by atoms with E-state index in [1.807, 2.05) is 23.9 Å². The highest BCUT2D eigenvalue weighted by Gasteiger charge is 2.23. The molecule has 0 aliphatic carbocycles. The molecular formula is C15H21Cl2NOS. The Kier molecular flexibility index (Phi) is 6.06. The summed E-state index contributed by atoms with van der Waals surface area (Å²) in [7, 11) is 0. The van der Waals surface area contributed by atoms with E-state index in [-0.39, 0.29) is 0 Å². The molecule has 3 unspecified atom stereocenters. The molecule has 1 aromatic rings. The Balaban J connectivity index is 1.91. The average Bonchev–Trinajstić information content (AvgIpc) is 2.38. The van der Waals surface area contributed by atoms with Gasteiger partial charge in [-0.3, -0.25) is 0 Å². The monoisotopic (exact) mass is 333 g/mol. The number of nitrogens with zero attached hydrogens (tertiary/aromatic N) is 1. The minimum atomic E-state index is -0.554. The van der Waals surface area contributed by atoms with Gasteiger partial charge in [-0.2, -0.15) is 11.8 Å². The van der Waals surface area contributed by atoms with Gasteiger partial charge in [0.15, 0.2) is 0 Å². The highest BCUT2D eigenvalue weighted by Crippen LogP contribution is 2.32. The smallest absolute Gasteiger partial charge is 0.0817 e. The van der Waals surface area contributed by atoms with E-state index in [1.54, 1.807) is 6.07 Å². The molecule has 1 aliphatic heterocycles. The number of thioether (sulfide) groups is 1. The van der Waals surface area contributed by atoms with Crippen molar-refractivity contribution in [3.63, 3.8) is 0 Å². The van der Waals surface area contributed by atoms with Crippen molar-refractivity contribution >= 4 is 35.0 Å². The van der Waals surface area contributed by atoms with Crippen LogP contribution in [0.25, 0.3) is 0 Å². The molecular weight excluding hydrogens is 313 g/mol. The standard InChI is InChI=1S/C15H21Cl2NOS/c1-10-8-18(9-11(2)20-10)7-6-14(19)12-4-3-5-13(16)15(12)17/h3-5,10-11,14,19H,6-9H2,1-2H3. The first-order valence-corrected chi connectivity index (χ1v) is 8.67. The highest BCUT2D eigenvalue weighted by atomic mass is 35.5. The van der Waals surface area contributed by atoms with Crippen molar-refractivity contribution in [2.75, 3.05) is 19.6 Å². The lowest BCUT2D eigenvalue weighted by molar-refractivity contribution is 0.141. The molecule has 3 atom stereocenters. The van der Waals surface area contributed by atoms with E-state index < -0.39 is 6.10 Å². The second-order valence-electron chi connectivity index (χ2n) is 5.46. The Morgan fingerprint density at radius 2 is 1.95 bits per heavy atom. The molecule has 1 saturated heterocycles. The summed E-state index contributed by atoms with van der Waals surface area (Å²) in [5, 5.41) is 12.6. The van der Waals surface area contributed by atoms with Gasteiger partial charge in [-0.25, -0.2) is 0 Å². The predicted octanol–water partition coefficient (Wildman–Crippen LogP) is 4.24. The maximum absolute atomic E-state index is 10.3. The lowest BCUT2D eigenvalue weighted by Crippen LogP contribution is -2.41. The summed E-state index contributed by atoms with van der Waals surface area (Å²) in [6.45, 7) is 7.59. The fraction of sp³-hybridized carbons (Fsp3) is 0.600. The quantitative estimate of drug-likeness (QED) is 0.891. The molecule has 1 aromatic carbocycles. The van der Waals surface area contributed by atoms with E-state index in [4.69, 9.17) is 23.2 Å². The summed E-state index contributed by atoms with van der Waals surface area (Å²) in [6.07, 6.45) is 0.130. The molecule has 2 nitrogen and oxygen atoms in total. The van der Waals surface area contributed by atoms with Crippen molar-refractivity contribution in [1.82, 2.24) is 4.90 Å². The first-order valence-electron chi connectivity index (χ1n) is 6.97. The molecule has 1 aliphatic rings. The lowest BCUT2D eigenvalue weighted by atomic mass is 10.1. The zero-order valence-corrected chi connectivity index (χ0v) is 14.2. The minimum absolute atomic E-state index is 0.470. The molecule has 0 spiro atoms. The number of hydrogen-bond donors (Lipinski definition) is 1. The number of halogens is 2. The van der Waals surface area contributed by atoms with Crippen molar-refractivity contribution in [3.05, 3.63) is 33.8 Å². The van der Waals surface area contributed by atoms with E-state index in [9.17, 15) is 5.11 Å². The Morgan fingerprint density at radius 1 is 1.30 bits per heavy atom. The van der Waals surface area contributed by atoms with Crippen LogP contribution in [-0.4, -0.2) is 40.1 Å². The number of aliphatic hydroxyl groups excluding tert-OH is 1. The second-order valence-corrected chi connectivity index (χ2v) is 8.13. The summed E-state index contributed by atoms with van der Waals surface area (Å²) in [5.74, 6) is 0. The minimum Gasteiger partial charge on any atom is -0.388 e. The topological polar surface area (TPSA) is 23.5 Å². The molecule has 2 rings (SSSR count). The molecule has 1 N–H and O–H groups in total. The van der Waals surface area contributed by atoms with Crippen LogP contribution in [0, 0.1) is 0 Å². The third-order valence-corrected chi connectivity index (χ3v) is 5.62. The van der Waals surface area contributed by atoms with Crippen LogP contribution >= 0.6 is 35.0 Å². The predicted molar refractivity (Wildman–Crippen MR) is 89.0 cm³/mol. The van der Waals surface area contributed by atoms with Crippen molar-refractivity contribution in [2.45, 2.75) is 36.9 Å². The SMILES string of the molecule is CC1CN(CCC(O)c2cccc(Cl)c2Cl)CC(C)S1. The maximum atomic E-state index is 10.3. The molecule has 0 amide bonds. The van der Waals surface area contributed by atoms with Crippen molar-refractivity contribution < 1.29 is 5.11 Å². The van der Waals surface area contributed by atoms with Gasteiger partial charge in [-0.15, -0.1) is 0 Å². The zero-order chi connectivity index (χ0) is 14.7. The van der Waals surface area contributed by atoms with E-state index in [0.717, 1.165) is 25.2 Å². The Bertz CT molecular complexity index is 447. The van der Waals surface area contributed by atoms with Gasteiger partial charge < -0.3 is 10.0 Å². The van der Waals surface area contributed by atoms with Gasteiger partial charge in [0.25, 0.3) is 0 Å². The fourth-order valence-corrected chi connectivity index (χ4v) is 4.53. The highest BCUT2D eigenvalue weighted by molar-refractivity contribution is 8.00. The molecule has 0 bridgehead atoms. The summed E-state index contributed by atoms with van der Waals surface area (Å²) in [4.78, 5) is 2.42. The Labute approximate surface area is 135 Å². The first-order chi connectivity index (χ1) is 9.47. The Hall–Kier alpha value is 0.0700. The number of aliphatic hydroxyl groups is 1. The molecule has 20 heavy (non-hydrogen) atoms.